The summed E-state index contributed by atoms with van der Waals surface area (Å²) >= 11 is 1.22. The van der Waals surface area contributed by atoms with Crippen molar-refractivity contribution in [3.63, 3.8) is 0 Å². The number of hydrogen-bond acceptors (Lipinski definition) is 5. The predicted molar refractivity (Wildman–Crippen MR) is 95.5 cm³/mol. The van der Waals surface area contributed by atoms with E-state index in [0.29, 0.717) is 5.56 Å². The van der Waals surface area contributed by atoms with Crippen LogP contribution in [0.25, 0.3) is 10.2 Å². The fourth-order valence-corrected chi connectivity index (χ4v) is 3.88. The van der Waals surface area contributed by atoms with Crippen molar-refractivity contribution >= 4 is 21.6 Å². The van der Waals surface area contributed by atoms with Crippen molar-refractivity contribution in [3.8, 4) is 6.07 Å². The molecule has 6 nitrogen and oxygen atoms in total. The van der Waals surface area contributed by atoms with Crippen LogP contribution in [0.2, 0.25) is 0 Å². The van der Waals surface area contributed by atoms with E-state index in [4.69, 9.17) is 0 Å². The summed E-state index contributed by atoms with van der Waals surface area (Å²) in [6.07, 6.45) is 3.14. The monoisotopic (exact) mass is 347 g/mol. The molecule has 2 heterocycles. The van der Waals surface area contributed by atoms with E-state index < -0.39 is 0 Å². The van der Waals surface area contributed by atoms with Gasteiger partial charge in [-0.25, -0.2) is 9.67 Å². The van der Waals surface area contributed by atoms with Crippen molar-refractivity contribution < 1.29 is 0 Å². The number of hydrogen-bond donors (Lipinski definition) is 0. The van der Waals surface area contributed by atoms with Gasteiger partial charge in [0.2, 0.25) is 0 Å². The molecule has 0 saturated carbocycles. The Morgan fingerprint density at radius 3 is 2.80 bits per heavy atom. The number of benzene rings is 2. The van der Waals surface area contributed by atoms with Crippen LogP contribution in [0.1, 0.15) is 22.7 Å². The molecule has 0 aliphatic heterocycles. The first kappa shape index (κ1) is 15.3. The molecule has 0 radical (unpaired) electrons. The molecule has 4 aromatic rings. The largest absolute Gasteiger partial charge is 0.307 e. The van der Waals surface area contributed by atoms with Gasteiger partial charge in [-0.1, -0.05) is 29.5 Å². The highest BCUT2D eigenvalue weighted by Gasteiger charge is 2.19. The molecule has 0 fully saturated rings. The topological polar surface area (TPSA) is 76.5 Å². The van der Waals surface area contributed by atoms with Gasteiger partial charge in [-0.15, -0.1) is 0 Å². The van der Waals surface area contributed by atoms with Gasteiger partial charge < -0.3 is 4.57 Å². The second kappa shape index (κ2) is 6.00. The van der Waals surface area contributed by atoms with Gasteiger partial charge in [0, 0.05) is 7.05 Å². The normalized spacial score (nSPS) is 12.2. The van der Waals surface area contributed by atoms with Gasteiger partial charge in [-0.05, 0) is 35.4 Å². The lowest BCUT2D eigenvalue weighted by atomic mass is 9.97. The minimum absolute atomic E-state index is 0.0101. The highest BCUT2D eigenvalue weighted by molar-refractivity contribution is 7.16. The first-order valence-electron chi connectivity index (χ1n) is 7.61. The van der Waals surface area contributed by atoms with Crippen molar-refractivity contribution in [1.29, 1.82) is 5.26 Å². The van der Waals surface area contributed by atoms with Gasteiger partial charge in [-0.3, -0.25) is 4.79 Å². The average molecular weight is 347 g/mol. The summed E-state index contributed by atoms with van der Waals surface area (Å²) in [7, 11) is 1.77. The Morgan fingerprint density at radius 1 is 1.20 bits per heavy atom. The minimum atomic E-state index is -0.220. The van der Waals surface area contributed by atoms with Crippen molar-refractivity contribution in [2.75, 3.05) is 0 Å². The molecule has 0 aliphatic carbocycles. The Labute approximate surface area is 147 Å². The standard InChI is InChI=1S/C18H13N5OS/c1-22-15-6-5-14(8-16(15)25-18(22)24)17(23-11-20-10-21-23)13-4-2-3-12(7-13)9-19/h2-8,10-11,17H,1H3. The second-order valence-corrected chi connectivity index (χ2v) is 6.66. The second-order valence-electron chi connectivity index (χ2n) is 5.67. The fraction of sp³-hybridized carbons (Fsp3) is 0.111. The molecule has 2 aromatic heterocycles. The van der Waals surface area contributed by atoms with Gasteiger partial charge in [-0.2, -0.15) is 10.4 Å². The van der Waals surface area contributed by atoms with Crippen molar-refractivity contribution in [2.24, 2.45) is 7.05 Å². The lowest BCUT2D eigenvalue weighted by molar-refractivity contribution is 0.594. The van der Waals surface area contributed by atoms with Crippen LogP contribution in [0.3, 0.4) is 0 Å². The number of thiazole rings is 1. The van der Waals surface area contributed by atoms with Gasteiger partial charge in [0.25, 0.3) is 0 Å². The number of fused-ring (bicyclic) bond motifs is 1. The molecule has 25 heavy (non-hydrogen) atoms. The van der Waals surface area contributed by atoms with Crippen molar-refractivity contribution in [2.45, 2.75) is 6.04 Å². The molecule has 0 spiro atoms. The highest BCUT2D eigenvalue weighted by Crippen LogP contribution is 2.29. The number of nitriles is 1. The molecule has 2 aromatic carbocycles. The Kier molecular flexibility index (Phi) is 3.67. The zero-order valence-corrected chi connectivity index (χ0v) is 14.1. The molecule has 1 atom stereocenters. The Hall–Kier alpha value is -3.24. The molecule has 0 aliphatic rings. The fourth-order valence-electron chi connectivity index (χ4n) is 2.95. The zero-order valence-electron chi connectivity index (χ0n) is 13.3. The van der Waals surface area contributed by atoms with Crippen molar-refractivity contribution in [1.82, 2.24) is 19.3 Å². The number of nitrogens with zero attached hydrogens (tertiary/aromatic N) is 5. The summed E-state index contributed by atoms with van der Waals surface area (Å²) in [6.45, 7) is 0. The van der Waals surface area contributed by atoms with Crippen LogP contribution in [0.15, 0.2) is 59.9 Å². The lowest BCUT2D eigenvalue weighted by Crippen LogP contribution is -2.13. The van der Waals surface area contributed by atoms with E-state index in [-0.39, 0.29) is 10.9 Å². The summed E-state index contributed by atoms with van der Waals surface area (Å²) in [5.41, 5.74) is 3.41. The van der Waals surface area contributed by atoms with Crippen LogP contribution in [0.4, 0.5) is 0 Å². The predicted octanol–water partition coefficient (Wildman–Crippen LogP) is 2.70. The Morgan fingerprint density at radius 2 is 2.04 bits per heavy atom. The van der Waals surface area contributed by atoms with Crippen LogP contribution in [-0.4, -0.2) is 19.3 Å². The van der Waals surface area contributed by atoms with Gasteiger partial charge in [0.05, 0.1) is 21.8 Å². The average Bonchev–Trinajstić information content (AvgIpc) is 3.24. The van der Waals surface area contributed by atoms with Gasteiger partial charge >= 0.3 is 4.87 Å². The van der Waals surface area contributed by atoms with Gasteiger partial charge in [0.1, 0.15) is 18.7 Å². The maximum atomic E-state index is 11.9. The SMILES string of the molecule is Cn1c(=O)sc2cc(C(c3cccc(C#N)c3)n3cncn3)ccc21. The van der Waals surface area contributed by atoms with E-state index in [1.165, 1.54) is 17.7 Å². The summed E-state index contributed by atoms with van der Waals surface area (Å²) in [5, 5.41) is 13.5. The number of rotatable bonds is 3. The minimum Gasteiger partial charge on any atom is -0.302 e. The van der Waals surface area contributed by atoms with Crippen LogP contribution in [-0.2, 0) is 7.05 Å². The van der Waals surface area contributed by atoms with E-state index in [2.05, 4.69) is 16.2 Å². The third-order valence-electron chi connectivity index (χ3n) is 4.16. The van der Waals surface area contributed by atoms with Crippen LogP contribution < -0.4 is 4.87 Å². The molecule has 0 N–H and O–H groups in total. The molecule has 0 saturated heterocycles. The van der Waals surface area contributed by atoms with E-state index in [1.807, 2.05) is 36.4 Å². The summed E-state index contributed by atoms with van der Waals surface area (Å²) < 4.78 is 4.32. The molecular formula is C18H13N5OS. The number of aromatic nitrogens is 4. The highest BCUT2D eigenvalue weighted by atomic mass is 32.1. The van der Waals surface area contributed by atoms with E-state index in [0.717, 1.165) is 21.3 Å². The number of aryl methyl sites for hydroxylation is 1. The van der Waals surface area contributed by atoms with Crippen LogP contribution >= 0.6 is 11.3 Å². The van der Waals surface area contributed by atoms with Crippen LogP contribution in [0, 0.1) is 11.3 Å². The first-order chi connectivity index (χ1) is 12.2. The third kappa shape index (κ3) is 2.62. The molecule has 122 valence electrons. The Balaban J connectivity index is 1.92. The lowest BCUT2D eigenvalue weighted by Gasteiger charge is -2.18. The maximum Gasteiger partial charge on any atom is 0.307 e. The zero-order chi connectivity index (χ0) is 17.4. The van der Waals surface area contributed by atoms with E-state index in [9.17, 15) is 10.1 Å². The molecular weight excluding hydrogens is 334 g/mol. The quantitative estimate of drug-likeness (QED) is 0.571. The summed E-state index contributed by atoms with van der Waals surface area (Å²) in [6, 6.07) is 15.3. The molecule has 0 amide bonds. The first-order valence-corrected chi connectivity index (χ1v) is 8.42. The van der Waals surface area contributed by atoms with Crippen molar-refractivity contribution in [3.05, 3.63) is 81.5 Å². The summed E-state index contributed by atoms with van der Waals surface area (Å²) in [4.78, 5) is 16.0. The van der Waals surface area contributed by atoms with E-state index >= 15 is 0 Å². The third-order valence-corrected chi connectivity index (χ3v) is 5.16. The smallest absolute Gasteiger partial charge is 0.302 e. The molecule has 7 heteroatoms. The van der Waals surface area contributed by atoms with E-state index in [1.54, 1.807) is 28.7 Å². The van der Waals surface area contributed by atoms with Crippen LogP contribution in [0.5, 0.6) is 0 Å². The Bertz CT molecular complexity index is 1150. The van der Waals surface area contributed by atoms with Gasteiger partial charge in [0.15, 0.2) is 0 Å². The summed E-state index contributed by atoms with van der Waals surface area (Å²) in [5.74, 6) is 0. The maximum absolute atomic E-state index is 11.9. The molecule has 4 rings (SSSR count). The molecule has 0 bridgehead atoms. The molecule has 1 unspecified atom stereocenters.